The molecule has 4 aromatic carbocycles. The van der Waals surface area contributed by atoms with Crippen LogP contribution in [0, 0.1) is 0 Å². The van der Waals surface area contributed by atoms with Gasteiger partial charge in [-0.3, -0.25) is 0 Å². The van der Waals surface area contributed by atoms with Crippen LogP contribution in [0.1, 0.15) is 22.8 Å². The van der Waals surface area contributed by atoms with Gasteiger partial charge in [0.15, 0.2) is 0 Å². The van der Waals surface area contributed by atoms with Crippen molar-refractivity contribution in [3.05, 3.63) is 164 Å². The zero-order valence-corrected chi connectivity index (χ0v) is 31.7. The smallest absolute Gasteiger partial charge is 0.354 e. The maximum atomic E-state index is 6.37. The summed E-state index contributed by atoms with van der Waals surface area (Å²) in [5, 5.41) is 2.64. The molecule has 0 aliphatic carbocycles. The molecule has 53 heavy (non-hydrogen) atoms. The Balaban J connectivity index is 0.00000400. The monoisotopic (exact) mass is 809 g/mol. The van der Waals surface area contributed by atoms with Crippen molar-refractivity contribution in [3.8, 4) is 44.5 Å². The van der Waals surface area contributed by atoms with Gasteiger partial charge in [0.2, 0.25) is 0 Å². The normalized spacial score (nSPS) is 11.8. The first-order valence-corrected chi connectivity index (χ1v) is 18.1. The molecular weight excluding hydrogens is 785 g/mol. The van der Waals surface area contributed by atoms with E-state index < -0.39 is 0 Å². The van der Waals surface area contributed by atoms with E-state index in [1.807, 2.05) is 97.1 Å². The summed E-state index contributed by atoms with van der Waals surface area (Å²) in [7, 11) is 0. The Morgan fingerprint density at radius 3 is 0.717 bits per heavy atom. The number of aromatic amines is 2. The molecule has 8 bridgehead atoms. The molecule has 7 aromatic rings. The SMILES string of the molecule is Clc1ccc(-c2c3nc(c(-c4ccc(Cl)cc4)c4ccc([nH]4)c(-c4ccc(Cl)cc4)c4nc(c(-c5ccc(Cl)cc5)c5ccc2[nH]5)C=C4)C=C3)cc1.[Co+2]. The topological polar surface area (TPSA) is 57.4 Å². The van der Waals surface area contributed by atoms with Gasteiger partial charge in [-0.25, -0.2) is 9.97 Å². The molecule has 2 aliphatic rings. The summed E-state index contributed by atoms with van der Waals surface area (Å²) in [4.78, 5) is 18.1. The number of halogens is 4. The van der Waals surface area contributed by atoms with Crippen LogP contribution in [-0.2, 0) is 16.8 Å². The first kappa shape index (κ1) is 35.2. The fourth-order valence-electron chi connectivity index (χ4n) is 6.89. The van der Waals surface area contributed by atoms with Crippen LogP contribution < -0.4 is 0 Å². The fraction of sp³-hybridized carbons (Fsp3) is 0. The van der Waals surface area contributed by atoms with E-state index in [-0.39, 0.29) is 16.8 Å². The third-order valence-corrected chi connectivity index (χ3v) is 10.3. The van der Waals surface area contributed by atoms with Crippen molar-refractivity contribution >= 4 is 92.8 Å². The van der Waals surface area contributed by atoms with Crippen LogP contribution in [0.2, 0.25) is 20.1 Å². The molecule has 4 nitrogen and oxygen atoms in total. The third kappa shape index (κ3) is 6.77. The van der Waals surface area contributed by atoms with Crippen LogP contribution in [0.4, 0.5) is 0 Å². The Hall–Kier alpha value is -4.85. The van der Waals surface area contributed by atoms with Gasteiger partial charge in [-0.15, -0.1) is 0 Å². The van der Waals surface area contributed by atoms with Gasteiger partial charge in [-0.1, -0.05) is 94.9 Å². The van der Waals surface area contributed by atoms with E-state index in [1.54, 1.807) is 0 Å². The summed E-state index contributed by atoms with van der Waals surface area (Å²) in [6.07, 6.45) is 8.27. The van der Waals surface area contributed by atoms with Gasteiger partial charge in [-0.05, 0) is 119 Å². The van der Waals surface area contributed by atoms with Crippen LogP contribution >= 0.6 is 46.4 Å². The summed E-state index contributed by atoms with van der Waals surface area (Å²) < 4.78 is 0. The van der Waals surface area contributed by atoms with Crippen molar-refractivity contribution in [3.63, 3.8) is 0 Å². The Labute approximate surface area is 336 Å². The maximum Gasteiger partial charge on any atom is 2.00 e. The second-order valence-corrected chi connectivity index (χ2v) is 14.3. The van der Waals surface area contributed by atoms with Crippen molar-refractivity contribution in [2.75, 3.05) is 0 Å². The van der Waals surface area contributed by atoms with Gasteiger partial charge in [-0.2, -0.15) is 0 Å². The van der Waals surface area contributed by atoms with Gasteiger partial charge in [0.05, 0.1) is 22.8 Å². The largest absolute Gasteiger partial charge is 2.00 e. The molecule has 2 N–H and O–H groups in total. The number of benzene rings is 4. The van der Waals surface area contributed by atoms with Gasteiger partial charge >= 0.3 is 16.8 Å². The number of hydrogen-bond donors (Lipinski definition) is 2. The quantitative estimate of drug-likeness (QED) is 0.186. The third-order valence-electron chi connectivity index (χ3n) is 9.29. The van der Waals surface area contributed by atoms with Gasteiger partial charge in [0.1, 0.15) is 0 Å². The van der Waals surface area contributed by atoms with Crippen LogP contribution in [0.15, 0.2) is 121 Å². The zero-order chi connectivity index (χ0) is 35.3. The molecule has 0 spiro atoms. The first-order valence-electron chi connectivity index (χ1n) is 16.6. The van der Waals surface area contributed by atoms with Crippen molar-refractivity contribution in [2.24, 2.45) is 0 Å². The summed E-state index contributed by atoms with van der Waals surface area (Å²) in [5.41, 5.74) is 14.5. The predicted octanol–water partition coefficient (Wildman–Crippen LogP) is 13.9. The predicted molar refractivity (Wildman–Crippen MR) is 221 cm³/mol. The molecule has 9 rings (SSSR count). The molecule has 9 heteroatoms. The van der Waals surface area contributed by atoms with E-state index in [2.05, 4.69) is 58.5 Å². The number of nitrogens with zero attached hydrogens (tertiary/aromatic N) is 2. The fourth-order valence-corrected chi connectivity index (χ4v) is 7.39. The number of H-pyrrole nitrogens is 2. The van der Waals surface area contributed by atoms with Crippen LogP contribution in [0.5, 0.6) is 0 Å². The minimum atomic E-state index is 0. The van der Waals surface area contributed by atoms with Crippen molar-refractivity contribution in [1.29, 1.82) is 0 Å². The van der Waals surface area contributed by atoms with Crippen LogP contribution in [0.3, 0.4) is 0 Å². The van der Waals surface area contributed by atoms with E-state index in [1.165, 1.54) is 0 Å². The molecule has 0 amide bonds. The molecule has 1 radical (unpaired) electrons. The first-order chi connectivity index (χ1) is 25.4. The number of aromatic nitrogens is 4. The Morgan fingerprint density at radius 2 is 0.509 bits per heavy atom. The second kappa shape index (κ2) is 14.5. The number of nitrogens with one attached hydrogen (secondary N) is 2. The second-order valence-electron chi connectivity index (χ2n) is 12.5. The summed E-state index contributed by atoms with van der Waals surface area (Å²) in [5.74, 6) is 0. The summed E-state index contributed by atoms with van der Waals surface area (Å²) in [6.45, 7) is 0. The number of hydrogen-bond acceptors (Lipinski definition) is 2. The van der Waals surface area contributed by atoms with Gasteiger partial charge in [0, 0.05) is 64.4 Å². The van der Waals surface area contributed by atoms with E-state index in [0.29, 0.717) is 20.1 Å². The Kier molecular flexibility index (Phi) is 9.64. The molecule has 0 atom stereocenters. The summed E-state index contributed by atoms with van der Waals surface area (Å²) >= 11 is 25.5. The molecule has 5 heterocycles. The molecule has 0 fully saturated rings. The molecule has 0 saturated carbocycles. The Bertz CT molecular complexity index is 2370. The Morgan fingerprint density at radius 1 is 0.302 bits per heavy atom. The standard InChI is InChI=1S/C44H26Cl4N4.Co/c45-29-9-1-25(2-10-29)41-33-17-19-35(49-33)42(26-3-11-30(46)12-4-26)37-21-23-39(51-37)44(28-7-15-32(48)16-8-28)40-24-22-38(52-40)43(36-20-18-34(41)50-36)27-5-13-31(47)14-6-27;/h1-24,49,52H;/q;+2. The van der Waals surface area contributed by atoms with E-state index in [4.69, 9.17) is 56.4 Å². The van der Waals surface area contributed by atoms with Crippen molar-refractivity contribution < 1.29 is 16.8 Å². The van der Waals surface area contributed by atoms with E-state index in [0.717, 1.165) is 89.4 Å². The van der Waals surface area contributed by atoms with Crippen LogP contribution in [-0.4, -0.2) is 19.9 Å². The molecule has 3 aromatic heterocycles. The average molecular weight is 811 g/mol. The molecule has 0 unspecified atom stereocenters. The number of fused-ring (bicyclic) bond motifs is 8. The van der Waals surface area contributed by atoms with E-state index >= 15 is 0 Å². The molecule has 2 aliphatic heterocycles. The van der Waals surface area contributed by atoms with Crippen LogP contribution in [0.25, 0.3) is 90.9 Å². The minimum Gasteiger partial charge on any atom is -0.354 e. The average Bonchev–Trinajstić information content (AvgIpc) is 3.99. The molecule has 0 saturated heterocycles. The molecule has 257 valence electrons. The number of rotatable bonds is 4. The van der Waals surface area contributed by atoms with Crippen molar-refractivity contribution in [2.45, 2.75) is 0 Å². The zero-order valence-electron chi connectivity index (χ0n) is 27.6. The van der Waals surface area contributed by atoms with E-state index in [9.17, 15) is 0 Å². The molecular formula is C44H26Cl4CoN4+2. The minimum absolute atomic E-state index is 0. The van der Waals surface area contributed by atoms with Gasteiger partial charge < -0.3 is 9.97 Å². The van der Waals surface area contributed by atoms with Crippen molar-refractivity contribution in [1.82, 2.24) is 19.9 Å². The summed E-state index contributed by atoms with van der Waals surface area (Å²) in [6, 6.07) is 39.8. The maximum absolute atomic E-state index is 6.37. The van der Waals surface area contributed by atoms with Gasteiger partial charge in [0.25, 0.3) is 0 Å².